The van der Waals surface area contributed by atoms with Crippen LogP contribution in [-0.4, -0.2) is 24.6 Å². The summed E-state index contributed by atoms with van der Waals surface area (Å²) in [5, 5.41) is 3.49. The first-order chi connectivity index (χ1) is 9.10. The van der Waals surface area contributed by atoms with E-state index in [4.69, 9.17) is 23.2 Å². The van der Waals surface area contributed by atoms with Crippen molar-refractivity contribution in [3.05, 3.63) is 28.8 Å². The van der Waals surface area contributed by atoms with Gasteiger partial charge in [-0.3, -0.25) is 4.79 Å². The summed E-state index contributed by atoms with van der Waals surface area (Å²) in [6, 6.07) is 5.52. The second-order valence-electron chi connectivity index (χ2n) is 4.97. The second kappa shape index (κ2) is 6.38. The Bertz CT molecular complexity index is 475. The van der Waals surface area contributed by atoms with Crippen LogP contribution in [-0.2, 0) is 0 Å². The number of thioether (sulfide) groups is 1. The number of hydrogen-bond acceptors (Lipinski definition) is 2. The smallest absolute Gasteiger partial charge is 0.252 e. The SMILES string of the molecule is CSc1ccc(Cl)c(C(=O)NCC2(CCCl)CC2)c1. The Morgan fingerprint density at radius 1 is 1.47 bits per heavy atom. The van der Waals surface area contributed by atoms with Crippen LogP contribution in [0.3, 0.4) is 0 Å². The molecule has 1 aromatic rings. The molecule has 1 aromatic carbocycles. The maximum absolute atomic E-state index is 12.2. The fourth-order valence-electron chi connectivity index (χ4n) is 2.06. The molecule has 1 fully saturated rings. The molecule has 0 unspecified atom stereocenters. The summed E-state index contributed by atoms with van der Waals surface area (Å²) in [4.78, 5) is 13.2. The van der Waals surface area contributed by atoms with Crippen LogP contribution in [0.5, 0.6) is 0 Å². The van der Waals surface area contributed by atoms with Gasteiger partial charge in [-0.05, 0) is 49.1 Å². The Balaban J connectivity index is 2.00. The number of amides is 1. The second-order valence-corrected chi connectivity index (χ2v) is 6.63. The van der Waals surface area contributed by atoms with Crippen molar-refractivity contribution in [2.45, 2.75) is 24.2 Å². The number of alkyl halides is 1. The standard InChI is InChI=1S/C14H17Cl2NOS/c1-19-10-2-3-12(16)11(8-10)13(18)17-9-14(4-5-14)6-7-15/h2-3,8H,4-7,9H2,1H3,(H,17,18). The van der Waals surface area contributed by atoms with Gasteiger partial charge in [0.1, 0.15) is 0 Å². The van der Waals surface area contributed by atoms with E-state index in [-0.39, 0.29) is 11.3 Å². The van der Waals surface area contributed by atoms with Crippen molar-refractivity contribution in [2.24, 2.45) is 5.41 Å². The maximum atomic E-state index is 12.2. The van der Waals surface area contributed by atoms with E-state index in [1.54, 1.807) is 17.8 Å². The van der Waals surface area contributed by atoms with Gasteiger partial charge in [0, 0.05) is 17.3 Å². The van der Waals surface area contributed by atoms with Gasteiger partial charge in [0.15, 0.2) is 0 Å². The van der Waals surface area contributed by atoms with Gasteiger partial charge in [0.25, 0.3) is 5.91 Å². The average Bonchev–Trinajstić information content (AvgIpc) is 3.17. The Labute approximate surface area is 128 Å². The molecule has 0 aromatic heterocycles. The lowest BCUT2D eigenvalue weighted by molar-refractivity contribution is 0.0944. The van der Waals surface area contributed by atoms with Gasteiger partial charge in [0.2, 0.25) is 0 Å². The van der Waals surface area contributed by atoms with Crippen LogP contribution in [0.25, 0.3) is 0 Å². The first-order valence-corrected chi connectivity index (χ1v) is 8.42. The Hall–Kier alpha value is -0.380. The van der Waals surface area contributed by atoms with Crippen molar-refractivity contribution >= 4 is 40.9 Å². The van der Waals surface area contributed by atoms with Gasteiger partial charge in [-0.1, -0.05) is 11.6 Å². The minimum Gasteiger partial charge on any atom is -0.351 e. The number of carbonyl (C=O) groups excluding carboxylic acids is 1. The summed E-state index contributed by atoms with van der Waals surface area (Å²) in [6.07, 6.45) is 5.25. The van der Waals surface area contributed by atoms with Gasteiger partial charge in [-0.15, -0.1) is 23.4 Å². The summed E-state index contributed by atoms with van der Waals surface area (Å²) >= 11 is 13.5. The lowest BCUT2D eigenvalue weighted by atomic mass is 10.0. The van der Waals surface area contributed by atoms with Crippen molar-refractivity contribution in [3.63, 3.8) is 0 Å². The zero-order valence-electron chi connectivity index (χ0n) is 10.8. The fraction of sp³-hybridized carbons (Fsp3) is 0.500. The molecule has 0 spiro atoms. The molecule has 1 amide bonds. The lowest BCUT2D eigenvalue weighted by Gasteiger charge is -2.15. The molecule has 1 saturated carbocycles. The predicted octanol–water partition coefficient (Wildman–Crippen LogP) is 4.20. The Morgan fingerprint density at radius 2 is 2.21 bits per heavy atom. The fourth-order valence-corrected chi connectivity index (χ4v) is 3.10. The van der Waals surface area contributed by atoms with E-state index < -0.39 is 0 Å². The van der Waals surface area contributed by atoms with Gasteiger partial charge in [0.05, 0.1) is 10.6 Å². The van der Waals surface area contributed by atoms with E-state index in [1.165, 1.54) is 0 Å². The summed E-state index contributed by atoms with van der Waals surface area (Å²) in [5.74, 6) is 0.556. The van der Waals surface area contributed by atoms with Gasteiger partial charge in [-0.25, -0.2) is 0 Å². The van der Waals surface area contributed by atoms with Crippen LogP contribution in [0.1, 0.15) is 29.6 Å². The molecule has 1 aliphatic rings. The Kier molecular flexibility index (Phi) is 5.04. The van der Waals surface area contributed by atoms with Crippen molar-refractivity contribution in [1.29, 1.82) is 0 Å². The Morgan fingerprint density at radius 3 is 2.79 bits per heavy atom. The zero-order valence-corrected chi connectivity index (χ0v) is 13.2. The van der Waals surface area contributed by atoms with E-state index in [0.717, 1.165) is 24.2 Å². The molecule has 0 saturated heterocycles. The normalized spacial score (nSPS) is 16.2. The summed E-state index contributed by atoms with van der Waals surface area (Å²) in [5.41, 5.74) is 0.788. The highest BCUT2D eigenvalue weighted by molar-refractivity contribution is 7.98. The lowest BCUT2D eigenvalue weighted by Crippen LogP contribution is -2.30. The third kappa shape index (κ3) is 3.80. The molecule has 2 nitrogen and oxygen atoms in total. The van der Waals surface area contributed by atoms with Crippen LogP contribution in [0.2, 0.25) is 5.02 Å². The minimum atomic E-state index is -0.0956. The van der Waals surface area contributed by atoms with Crippen molar-refractivity contribution in [3.8, 4) is 0 Å². The summed E-state index contributed by atoms with van der Waals surface area (Å²) in [6.45, 7) is 0.693. The molecule has 0 heterocycles. The molecule has 104 valence electrons. The van der Waals surface area contributed by atoms with Crippen LogP contribution in [0.15, 0.2) is 23.1 Å². The summed E-state index contributed by atoms with van der Waals surface area (Å²) < 4.78 is 0. The minimum absolute atomic E-state index is 0.0956. The van der Waals surface area contributed by atoms with E-state index in [1.807, 2.05) is 18.4 Å². The van der Waals surface area contributed by atoms with Gasteiger partial charge < -0.3 is 5.32 Å². The molecule has 19 heavy (non-hydrogen) atoms. The molecule has 0 radical (unpaired) electrons. The summed E-state index contributed by atoms with van der Waals surface area (Å²) in [7, 11) is 0. The van der Waals surface area contributed by atoms with Crippen molar-refractivity contribution in [1.82, 2.24) is 5.32 Å². The predicted molar refractivity (Wildman–Crippen MR) is 82.6 cm³/mol. The van der Waals surface area contributed by atoms with Crippen LogP contribution < -0.4 is 5.32 Å². The van der Waals surface area contributed by atoms with Gasteiger partial charge in [-0.2, -0.15) is 0 Å². The topological polar surface area (TPSA) is 29.1 Å². The molecule has 1 N–H and O–H groups in total. The highest BCUT2D eigenvalue weighted by Gasteiger charge is 2.41. The van der Waals surface area contributed by atoms with Crippen molar-refractivity contribution in [2.75, 3.05) is 18.7 Å². The number of benzene rings is 1. The monoisotopic (exact) mass is 317 g/mol. The molecule has 0 atom stereocenters. The van der Waals surface area contributed by atoms with Crippen LogP contribution in [0.4, 0.5) is 0 Å². The highest BCUT2D eigenvalue weighted by Crippen LogP contribution is 2.48. The average molecular weight is 318 g/mol. The van der Waals surface area contributed by atoms with E-state index in [2.05, 4.69) is 5.32 Å². The molecular weight excluding hydrogens is 301 g/mol. The molecule has 2 rings (SSSR count). The van der Waals surface area contributed by atoms with Gasteiger partial charge >= 0.3 is 0 Å². The number of hydrogen-bond donors (Lipinski definition) is 1. The maximum Gasteiger partial charge on any atom is 0.252 e. The first-order valence-electron chi connectivity index (χ1n) is 6.28. The van der Waals surface area contributed by atoms with Crippen LogP contribution in [0, 0.1) is 5.41 Å². The van der Waals surface area contributed by atoms with Crippen molar-refractivity contribution < 1.29 is 4.79 Å². The molecule has 5 heteroatoms. The molecule has 0 aliphatic heterocycles. The molecular formula is C14H17Cl2NOS. The first kappa shape index (κ1) is 15.0. The highest BCUT2D eigenvalue weighted by atomic mass is 35.5. The number of rotatable bonds is 6. The number of carbonyl (C=O) groups is 1. The quantitative estimate of drug-likeness (QED) is 0.629. The van der Waals surface area contributed by atoms with E-state index in [0.29, 0.717) is 23.0 Å². The third-order valence-corrected chi connectivity index (χ3v) is 4.87. The van der Waals surface area contributed by atoms with E-state index in [9.17, 15) is 4.79 Å². The van der Waals surface area contributed by atoms with Crippen LogP contribution >= 0.6 is 35.0 Å². The number of halogens is 2. The van der Waals surface area contributed by atoms with E-state index >= 15 is 0 Å². The zero-order chi connectivity index (χ0) is 13.9. The largest absolute Gasteiger partial charge is 0.351 e. The number of nitrogens with one attached hydrogen (secondary N) is 1. The molecule has 1 aliphatic carbocycles. The molecule has 0 bridgehead atoms. The third-order valence-electron chi connectivity index (χ3n) is 3.62.